The van der Waals surface area contributed by atoms with Gasteiger partial charge in [-0.3, -0.25) is 0 Å². The molecular formula is C15H22N2O2S2. The first-order chi connectivity index (χ1) is 9.73. The molecular weight excluding hydrogens is 304 g/mol. The van der Waals surface area contributed by atoms with Gasteiger partial charge in [0.25, 0.3) is 0 Å². The van der Waals surface area contributed by atoms with E-state index in [1.54, 1.807) is 29.4 Å². The maximum Gasteiger partial charge on any atom is 0.243 e. The van der Waals surface area contributed by atoms with Crippen LogP contribution in [0.2, 0.25) is 0 Å². The second-order valence-electron chi connectivity index (χ2n) is 5.94. The number of piperidine rings is 1. The van der Waals surface area contributed by atoms with Crippen LogP contribution in [0.5, 0.6) is 0 Å². The Labute approximate surface area is 132 Å². The molecule has 1 aromatic rings. The molecule has 4 nitrogen and oxygen atoms in total. The number of sulfonamides is 1. The van der Waals surface area contributed by atoms with Gasteiger partial charge in [0.1, 0.15) is 4.99 Å². The lowest BCUT2D eigenvalue weighted by molar-refractivity contribution is 0.220. The smallest absolute Gasteiger partial charge is 0.243 e. The molecule has 1 heterocycles. The van der Waals surface area contributed by atoms with E-state index in [-0.39, 0.29) is 11.0 Å². The van der Waals surface area contributed by atoms with Crippen LogP contribution in [0.4, 0.5) is 0 Å². The van der Waals surface area contributed by atoms with E-state index in [0.717, 1.165) is 12.8 Å². The van der Waals surface area contributed by atoms with Crippen LogP contribution in [0, 0.1) is 12.8 Å². The Morgan fingerprint density at radius 2 is 2.05 bits per heavy atom. The van der Waals surface area contributed by atoms with E-state index in [2.05, 4.69) is 6.92 Å². The zero-order chi connectivity index (χ0) is 15.8. The summed E-state index contributed by atoms with van der Waals surface area (Å²) in [6.07, 6.45) is 1.82. The molecule has 0 bridgehead atoms. The molecule has 0 spiro atoms. The molecule has 2 rings (SSSR count). The normalized spacial score (nSPS) is 24.0. The lowest BCUT2D eigenvalue weighted by atomic mass is 9.95. The summed E-state index contributed by atoms with van der Waals surface area (Å²) >= 11 is 4.93. The molecule has 0 saturated carbocycles. The SMILES string of the molecule is Cc1cc(C(N)=S)ccc1S(=O)(=O)N1CCC(C)CC1C. The zero-order valence-electron chi connectivity index (χ0n) is 12.7. The number of hydrogen-bond acceptors (Lipinski definition) is 3. The molecule has 1 saturated heterocycles. The van der Waals surface area contributed by atoms with E-state index in [1.807, 2.05) is 6.92 Å². The maximum atomic E-state index is 12.9. The summed E-state index contributed by atoms with van der Waals surface area (Å²) in [6, 6.07) is 5.07. The van der Waals surface area contributed by atoms with Gasteiger partial charge in [0, 0.05) is 18.2 Å². The molecule has 21 heavy (non-hydrogen) atoms. The number of hydrogen-bond donors (Lipinski definition) is 1. The molecule has 2 unspecified atom stereocenters. The van der Waals surface area contributed by atoms with Gasteiger partial charge in [-0.25, -0.2) is 8.42 Å². The van der Waals surface area contributed by atoms with Crippen LogP contribution in [-0.2, 0) is 10.0 Å². The fourth-order valence-corrected chi connectivity index (χ4v) is 4.95. The summed E-state index contributed by atoms with van der Waals surface area (Å²) in [4.78, 5) is 0.631. The molecule has 6 heteroatoms. The lowest BCUT2D eigenvalue weighted by Gasteiger charge is -2.35. The van der Waals surface area contributed by atoms with Gasteiger partial charge in [0.2, 0.25) is 10.0 Å². The molecule has 0 amide bonds. The number of nitrogens with zero attached hydrogens (tertiary/aromatic N) is 1. The average molecular weight is 326 g/mol. The van der Waals surface area contributed by atoms with Crippen molar-refractivity contribution >= 4 is 27.2 Å². The average Bonchev–Trinajstić information content (AvgIpc) is 2.37. The Kier molecular flexibility index (Phi) is 4.70. The molecule has 116 valence electrons. The Morgan fingerprint density at radius 1 is 1.38 bits per heavy atom. The van der Waals surface area contributed by atoms with Crippen molar-refractivity contribution < 1.29 is 8.42 Å². The molecule has 1 aliphatic heterocycles. The fourth-order valence-electron chi connectivity index (χ4n) is 2.96. The van der Waals surface area contributed by atoms with Crippen molar-refractivity contribution in [3.63, 3.8) is 0 Å². The molecule has 0 radical (unpaired) electrons. The van der Waals surface area contributed by atoms with Crippen molar-refractivity contribution in [2.24, 2.45) is 11.7 Å². The van der Waals surface area contributed by atoms with Crippen molar-refractivity contribution in [3.8, 4) is 0 Å². The van der Waals surface area contributed by atoms with Gasteiger partial charge in [-0.2, -0.15) is 4.31 Å². The fraction of sp³-hybridized carbons (Fsp3) is 0.533. The van der Waals surface area contributed by atoms with Gasteiger partial charge < -0.3 is 5.73 Å². The van der Waals surface area contributed by atoms with Gasteiger partial charge in [-0.1, -0.05) is 25.2 Å². The standard InChI is InChI=1S/C15H22N2O2S2/c1-10-6-7-17(12(3)8-10)21(18,19)14-5-4-13(15(16)20)9-11(14)2/h4-5,9-10,12H,6-8H2,1-3H3,(H2,16,20). The molecule has 1 aliphatic rings. The second-order valence-corrected chi connectivity index (χ2v) is 8.24. The first kappa shape index (κ1) is 16.4. The second kappa shape index (κ2) is 6.02. The lowest BCUT2D eigenvalue weighted by Crippen LogP contribution is -2.44. The van der Waals surface area contributed by atoms with Crippen molar-refractivity contribution in [1.82, 2.24) is 4.31 Å². The van der Waals surface area contributed by atoms with Crippen LogP contribution in [0.3, 0.4) is 0 Å². The van der Waals surface area contributed by atoms with Gasteiger partial charge in [-0.15, -0.1) is 0 Å². The summed E-state index contributed by atoms with van der Waals surface area (Å²) in [5.74, 6) is 0.574. The maximum absolute atomic E-state index is 12.9. The minimum absolute atomic E-state index is 0.0356. The predicted molar refractivity (Wildman–Crippen MR) is 88.8 cm³/mol. The predicted octanol–water partition coefficient (Wildman–Crippen LogP) is 2.44. The zero-order valence-corrected chi connectivity index (χ0v) is 14.3. The molecule has 1 aromatic carbocycles. The van der Waals surface area contributed by atoms with E-state index in [9.17, 15) is 8.42 Å². The number of aryl methyl sites for hydroxylation is 1. The van der Waals surface area contributed by atoms with Crippen molar-refractivity contribution in [2.75, 3.05) is 6.54 Å². The van der Waals surface area contributed by atoms with Gasteiger partial charge >= 0.3 is 0 Å². The van der Waals surface area contributed by atoms with Crippen molar-refractivity contribution in [3.05, 3.63) is 29.3 Å². The highest BCUT2D eigenvalue weighted by Crippen LogP contribution is 2.29. The van der Waals surface area contributed by atoms with Gasteiger partial charge in [0.05, 0.1) is 4.90 Å². The van der Waals surface area contributed by atoms with E-state index < -0.39 is 10.0 Å². The summed E-state index contributed by atoms with van der Waals surface area (Å²) in [6.45, 7) is 6.52. The van der Waals surface area contributed by atoms with E-state index in [1.165, 1.54) is 0 Å². The van der Waals surface area contributed by atoms with Crippen LogP contribution in [0.25, 0.3) is 0 Å². The van der Waals surface area contributed by atoms with Crippen LogP contribution in [0.1, 0.15) is 37.8 Å². The Hall–Kier alpha value is -0.980. The van der Waals surface area contributed by atoms with E-state index in [0.29, 0.717) is 28.5 Å². The van der Waals surface area contributed by atoms with Crippen LogP contribution in [-0.4, -0.2) is 30.3 Å². The molecule has 2 N–H and O–H groups in total. The quantitative estimate of drug-likeness (QED) is 0.867. The third kappa shape index (κ3) is 3.27. The number of thiocarbonyl (C=S) groups is 1. The largest absolute Gasteiger partial charge is 0.389 e. The Morgan fingerprint density at radius 3 is 2.57 bits per heavy atom. The van der Waals surface area contributed by atoms with Gasteiger partial charge in [-0.05, 0) is 50.3 Å². The van der Waals surface area contributed by atoms with E-state index >= 15 is 0 Å². The highest BCUT2D eigenvalue weighted by Gasteiger charge is 2.33. The Balaban J connectivity index is 2.38. The highest BCUT2D eigenvalue weighted by atomic mass is 32.2. The van der Waals surface area contributed by atoms with Crippen LogP contribution < -0.4 is 5.73 Å². The first-order valence-electron chi connectivity index (χ1n) is 7.15. The van der Waals surface area contributed by atoms with Crippen molar-refractivity contribution in [1.29, 1.82) is 0 Å². The monoisotopic (exact) mass is 326 g/mol. The summed E-state index contributed by atoms with van der Waals surface area (Å²) in [7, 11) is -3.46. The summed E-state index contributed by atoms with van der Waals surface area (Å²) in [5, 5.41) is 0. The third-order valence-corrected chi connectivity index (χ3v) is 6.53. The summed E-state index contributed by atoms with van der Waals surface area (Å²) < 4.78 is 27.4. The molecule has 0 aliphatic carbocycles. The minimum atomic E-state index is -3.46. The Bertz CT molecular complexity index is 656. The van der Waals surface area contributed by atoms with Gasteiger partial charge in [0.15, 0.2) is 0 Å². The summed E-state index contributed by atoms with van der Waals surface area (Å²) in [5.41, 5.74) is 6.98. The van der Waals surface area contributed by atoms with E-state index in [4.69, 9.17) is 18.0 Å². The topological polar surface area (TPSA) is 63.4 Å². The number of nitrogens with two attached hydrogens (primary N) is 1. The first-order valence-corrected chi connectivity index (χ1v) is 9.00. The molecule has 0 aromatic heterocycles. The van der Waals surface area contributed by atoms with Crippen molar-refractivity contribution in [2.45, 2.75) is 44.6 Å². The van der Waals surface area contributed by atoms with Crippen LogP contribution >= 0.6 is 12.2 Å². The molecule has 1 fully saturated rings. The minimum Gasteiger partial charge on any atom is -0.389 e. The molecule has 2 atom stereocenters. The van der Waals surface area contributed by atoms with Crippen LogP contribution in [0.15, 0.2) is 23.1 Å². The highest BCUT2D eigenvalue weighted by molar-refractivity contribution is 7.89. The number of benzene rings is 1. The number of rotatable bonds is 3. The third-order valence-electron chi connectivity index (χ3n) is 4.12.